The van der Waals surface area contributed by atoms with Crippen molar-refractivity contribution in [3.63, 3.8) is 0 Å². The van der Waals surface area contributed by atoms with Crippen LogP contribution in [-0.2, 0) is 46.5 Å². The largest absolute Gasteiger partial charge is 0.481 e. The normalized spacial score (nSPS) is 16.4. The van der Waals surface area contributed by atoms with Gasteiger partial charge in [0.05, 0.1) is 40.4 Å². The van der Waals surface area contributed by atoms with E-state index in [4.69, 9.17) is 26.1 Å². The highest BCUT2D eigenvalue weighted by atomic mass is 32.2. The van der Waals surface area contributed by atoms with Crippen LogP contribution in [0, 0.1) is 39.6 Å². The van der Waals surface area contributed by atoms with E-state index in [1.54, 1.807) is 0 Å². The fraction of sp³-hybridized carbons (Fsp3) is 0.400. The summed E-state index contributed by atoms with van der Waals surface area (Å²) in [5, 5.41) is 21.2. The first kappa shape index (κ1) is 46.2. The molecule has 0 saturated heterocycles. The summed E-state index contributed by atoms with van der Waals surface area (Å²) in [7, 11) is -7.79. The van der Waals surface area contributed by atoms with Crippen LogP contribution in [0.15, 0.2) is 40.2 Å². The predicted octanol–water partition coefficient (Wildman–Crippen LogP) is 2.17. The number of carbonyl (C=O) groups excluding carboxylic acids is 4. The molecule has 2 aromatic carbocycles. The van der Waals surface area contributed by atoms with Gasteiger partial charge in [0, 0.05) is 55.7 Å². The molecular weight excluding hydrogens is 843 g/mol. The Balaban J connectivity index is 0.000000214. The number of benzene rings is 2. The molecule has 20 nitrogen and oxygen atoms in total. The average molecular weight is 881 g/mol. The summed E-state index contributed by atoms with van der Waals surface area (Å²) in [4.78, 5) is 90.7. The monoisotopic (exact) mass is 880 g/mol. The number of sulfone groups is 1. The fourth-order valence-electron chi connectivity index (χ4n) is 6.01. The Morgan fingerprint density at radius 2 is 1.86 bits per heavy atom. The van der Waals surface area contributed by atoms with Crippen molar-refractivity contribution in [1.82, 2.24) is 14.3 Å². The van der Waals surface area contributed by atoms with Crippen molar-refractivity contribution >= 4 is 75.3 Å². The van der Waals surface area contributed by atoms with Crippen LogP contribution < -0.4 is 19.8 Å². The SMILES string of the molecule is C#CCN1C(=O)COc2cc(F)c(/N=c3\snc4n3CC(C)(C)C4)cc21.CS(=O)(=O)c1ccc(C(=O)C2C(=O)CCCC2=O)c([N+](=O)[O-])c1.O=C(O)CNCP(=O)(O)O. The molecule has 1 saturated carbocycles. The number of fused-ring (bicyclic) bond motifs is 2. The van der Waals surface area contributed by atoms with Gasteiger partial charge in [0.1, 0.15) is 23.2 Å². The van der Waals surface area contributed by atoms with E-state index in [2.05, 4.69) is 34.5 Å². The summed E-state index contributed by atoms with van der Waals surface area (Å²) in [5.41, 5.74) is -0.489. The van der Waals surface area contributed by atoms with E-state index >= 15 is 0 Å². The van der Waals surface area contributed by atoms with Crippen molar-refractivity contribution in [3.8, 4) is 18.1 Å². The number of Topliss-reactive ketones (excluding diaryl/α,β-unsaturated/α-hetero) is 3. The minimum absolute atomic E-state index is 0.0668. The van der Waals surface area contributed by atoms with Crippen LogP contribution >= 0.6 is 19.1 Å². The number of nitro benzene ring substituents is 1. The summed E-state index contributed by atoms with van der Waals surface area (Å²) in [6.45, 7) is 4.61. The molecular formula is C35H38FN6O14PS2. The first-order chi connectivity index (χ1) is 27.4. The van der Waals surface area contributed by atoms with Crippen molar-refractivity contribution in [3.05, 3.63) is 62.5 Å². The molecule has 0 atom stereocenters. The zero-order chi connectivity index (χ0) is 44.0. The molecule has 1 aliphatic carbocycles. The van der Waals surface area contributed by atoms with Gasteiger partial charge >= 0.3 is 13.6 Å². The standard InChI is InChI=1S/C18H17FN4O2S.C14H13NO7S.C3H8NO5P/c1-4-5-22-13-7-12(11(19)6-14(13)25-9-16(22)24)20-17-23-10-18(2,3)8-15(23)21-26-17;1-23(21,22)8-5-6-9(10(7-8)15(19)20)14(18)13-11(16)3-2-4-12(13)17;5-3(6)1-4-2-10(7,8)9/h1,6-7H,5,8-10H2,2-3H3;5-7,13H,2-4H2,1H3;4H,1-2H2,(H,5,6)(H2,7,8,9)/b20-17-;;. The van der Waals surface area contributed by atoms with Crippen LogP contribution in [0.25, 0.3) is 0 Å². The number of amides is 1. The van der Waals surface area contributed by atoms with Crippen molar-refractivity contribution < 1.29 is 65.9 Å². The lowest BCUT2D eigenvalue weighted by molar-refractivity contribution is -0.385. The molecule has 4 N–H and O–H groups in total. The van der Waals surface area contributed by atoms with E-state index in [-0.39, 0.29) is 47.9 Å². The average Bonchev–Trinajstić information content (AvgIpc) is 3.63. The summed E-state index contributed by atoms with van der Waals surface area (Å²) in [6.07, 6.45) is 6.99. The minimum atomic E-state index is -4.10. The number of hydrogen-bond acceptors (Lipinski definition) is 15. The number of aliphatic carboxylic acids is 1. The molecule has 3 aliphatic rings. The molecule has 0 radical (unpaired) electrons. The lowest BCUT2D eigenvalue weighted by atomic mass is 9.81. The third kappa shape index (κ3) is 12.0. The van der Waals surface area contributed by atoms with Crippen LogP contribution in [0.5, 0.6) is 5.75 Å². The Hall–Kier alpha value is -5.50. The molecule has 6 rings (SSSR count). The van der Waals surface area contributed by atoms with Gasteiger partial charge in [-0.3, -0.25) is 48.9 Å². The fourth-order valence-corrected chi connectivity index (χ4v) is 7.81. The Labute approximate surface area is 339 Å². The highest BCUT2D eigenvalue weighted by molar-refractivity contribution is 7.90. The van der Waals surface area contributed by atoms with E-state index in [9.17, 15) is 51.5 Å². The number of nitro groups is 1. The van der Waals surface area contributed by atoms with Gasteiger partial charge in [0.25, 0.3) is 11.6 Å². The van der Waals surface area contributed by atoms with E-state index in [1.807, 2.05) is 4.57 Å². The summed E-state index contributed by atoms with van der Waals surface area (Å²) in [6, 6.07) is 5.55. The molecule has 0 bridgehead atoms. The van der Waals surface area contributed by atoms with Crippen LogP contribution in [0.4, 0.5) is 21.5 Å². The topological polar surface area (TPSA) is 295 Å². The summed E-state index contributed by atoms with van der Waals surface area (Å²) in [5.74, 6) is -1.84. The third-order valence-electron chi connectivity index (χ3n) is 8.64. The number of nitrogens with one attached hydrogen (secondary N) is 1. The second kappa shape index (κ2) is 18.6. The lowest BCUT2D eigenvalue weighted by Gasteiger charge is -2.28. The Morgan fingerprint density at radius 1 is 1.20 bits per heavy atom. The predicted molar refractivity (Wildman–Crippen MR) is 206 cm³/mol. The highest BCUT2D eigenvalue weighted by Gasteiger charge is 2.39. The number of carbonyl (C=O) groups is 5. The molecule has 1 fully saturated rings. The number of hydrogen-bond donors (Lipinski definition) is 4. The van der Waals surface area contributed by atoms with Crippen LogP contribution in [0.3, 0.4) is 0 Å². The van der Waals surface area contributed by atoms with Gasteiger partial charge in [-0.2, -0.15) is 4.37 Å². The maximum Gasteiger partial charge on any atom is 0.339 e. The number of halogens is 1. The van der Waals surface area contributed by atoms with Crippen molar-refractivity contribution in [1.29, 1.82) is 0 Å². The van der Waals surface area contributed by atoms with Crippen molar-refractivity contribution in [2.75, 3.05) is 37.1 Å². The molecule has 24 heteroatoms. The Bertz CT molecular complexity index is 2470. The van der Waals surface area contributed by atoms with E-state index < -0.39 is 81.5 Å². The molecule has 59 heavy (non-hydrogen) atoms. The Morgan fingerprint density at radius 3 is 2.44 bits per heavy atom. The molecule has 3 heterocycles. The maximum absolute atomic E-state index is 14.5. The number of ether oxygens (including phenoxy) is 1. The molecule has 316 valence electrons. The van der Waals surface area contributed by atoms with E-state index in [0.29, 0.717) is 22.7 Å². The number of carboxylic acids is 1. The number of anilines is 1. The maximum atomic E-state index is 14.5. The van der Waals surface area contributed by atoms with Crippen molar-refractivity contribution in [2.24, 2.45) is 16.3 Å². The number of nitrogens with zero attached hydrogens (tertiary/aromatic N) is 5. The van der Waals surface area contributed by atoms with Gasteiger partial charge in [-0.1, -0.05) is 19.8 Å². The number of carboxylic acid groups (broad SMARTS) is 1. The highest BCUT2D eigenvalue weighted by Crippen LogP contribution is 2.38. The quantitative estimate of drug-likeness (QED) is 0.0567. The number of rotatable bonds is 10. The van der Waals surface area contributed by atoms with Gasteiger partial charge in [-0.15, -0.1) is 6.42 Å². The van der Waals surface area contributed by atoms with Crippen LogP contribution in [0.2, 0.25) is 0 Å². The first-order valence-corrected chi connectivity index (χ1v) is 21.7. The van der Waals surface area contributed by atoms with Gasteiger partial charge in [0.15, 0.2) is 39.6 Å². The zero-order valence-electron chi connectivity index (χ0n) is 31.6. The third-order valence-corrected chi connectivity index (χ3v) is 11.2. The minimum Gasteiger partial charge on any atom is -0.481 e. The number of terminal acetylenes is 1. The smallest absolute Gasteiger partial charge is 0.339 e. The molecule has 3 aromatic rings. The van der Waals surface area contributed by atoms with E-state index in [0.717, 1.165) is 43.2 Å². The van der Waals surface area contributed by atoms with Gasteiger partial charge in [0.2, 0.25) is 4.80 Å². The first-order valence-electron chi connectivity index (χ1n) is 17.3. The molecule has 1 amide bonds. The summed E-state index contributed by atoms with van der Waals surface area (Å²) >= 11 is 1.24. The van der Waals surface area contributed by atoms with Gasteiger partial charge in [-0.05, 0) is 30.0 Å². The van der Waals surface area contributed by atoms with Crippen LogP contribution in [-0.4, -0.2) is 98.6 Å². The number of ketones is 3. The van der Waals surface area contributed by atoms with Crippen molar-refractivity contribution in [2.45, 2.75) is 51.0 Å². The van der Waals surface area contributed by atoms with Gasteiger partial charge < -0.3 is 24.2 Å². The molecule has 0 unspecified atom stereocenters. The summed E-state index contributed by atoms with van der Waals surface area (Å²) < 4.78 is 59.3. The molecule has 0 spiro atoms. The lowest BCUT2D eigenvalue weighted by Crippen LogP contribution is -2.39. The zero-order valence-corrected chi connectivity index (χ0v) is 34.1. The molecule has 2 aliphatic heterocycles. The number of aromatic nitrogens is 2. The molecule has 1 aromatic heterocycles. The van der Waals surface area contributed by atoms with Crippen LogP contribution in [0.1, 0.15) is 49.3 Å². The van der Waals surface area contributed by atoms with Gasteiger partial charge in [-0.25, -0.2) is 17.8 Å². The second-order valence-electron chi connectivity index (χ2n) is 14.1. The van der Waals surface area contributed by atoms with E-state index in [1.165, 1.54) is 28.6 Å². The Kier molecular flexibility index (Phi) is 14.6. The second-order valence-corrected chi connectivity index (χ2v) is 18.5.